The molecule has 1 aliphatic heterocycles. The van der Waals surface area contributed by atoms with Gasteiger partial charge in [-0.05, 0) is 0 Å². The Morgan fingerprint density at radius 2 is 2.36 bits per heavy atom. The van der Waals surface area contributed by atoms with E-state index in [1.54, 1.807) is 4.68 Å². The summed E-state index contributed by atoms with van der Waals surface area (Å²) in [5.41, 5.74) is 0.869. The zero-order chi connectivity index (χ0) is 8.06. The van der Waals surface area contributed by atoms with Crippen molar-refractivity contribution in [3.63, 3.8) is 0 Å². The van der Waals surface area contributed by atoms with Gasteiger partial charge in [0.1, 0.15) is 0 Å². The number of hydrogen-bond donors (Lipinski definition) is 0. The van der Waals surface area contributed by atoms with Crippen molar-refractivity contribution < 1.29 is 14.3 Å². The Kier molecular flexibility index (Phi) is 1.06. The first-order valence-corrected chi connectivity index (χ1v) is 3.64. The van der Waals surface area contributed by atoms with Crippen LogP contribution in [0.15, 0.2) is 4.52 Å². The molecule has 1 aromatic heterocycles. The molecule has 2 heterocycles. The Morgan fingerprint density at radius 3 is 3.00 bits per heavy atom. The minimum atomic E-state index is -0.282. The molecule has 0 N–H and O–H groups in total. The second-order valence-electron chi connectivity index (χ2n) is 3.81. The fourth-order valence-corrected chi connectivity index (χ4v) is 1.50. The first-order chi connectivity index (χ1) is 5.08. The van der Waals surface area contributed by atoms with Gasteiger partial charge in [0.05, 0.1) is 5.27 Å². The lowest BCUT2D eigenvalue weighted by molar-refractivity contribution is -0.763. The number of rotatable bonds is 0. The smallest absolute Gasteiger partial charge is 0.234 e. The Balaban J connectivity index is 2.42. The Bertz CT molecular complexity index is 291. The second-order valence-corrected chi connectivity index (χ2v) is 3.81. The fourth-order valence-electron chi connectivity index (χ4n) is 1.50. The number of nitrogens with zero attached hydrogens (tertiary/aromatic N) is 2. The van der Waals surface area contributed by atoms with Crippen LogP contribution in [0.3, 0.4) is 0 Å². The van der Waals surface area contributed by atoms with Crippen molar-refractivity contribution in [2.24, 2.45) is 5.41 Å². The summed E-state index contributed by atoms with van der Waals surface area (Å²) in [6.45, 7) is 5.01. The Morgan fingerprint density at radius 1 is 1.64 bits per heavy atom. The van der Waals surface area contributed by atoms with Crippen LogP contribution in [0.2, 0.25) is 0 Å². The molecule has 4 nitrogen and oxygen atoms in total. The predicted molar refractivity (Wildman–Crippen MR) is 33.6 cm³/mol. The van der Waals surface area contributed by atoms with Crippen LogP contribution in [0.4, 0.5) is 0 Å². The minimum absolute atomic E-state index is 0.165. The Hall–Kier alpha value is -1.06. The van der Waals surface area contributed by atoms with Crippen LogP contribution >= 0.6 is 0 Å². The number of fused-ring (bicyclic) bond motifs is 1. The zero-order valence-corrected chi connectivity index (χ0v) is 6.63. The van der Waals surface area contributed by atoms with Crippen molar-refractivity contribution in [1.29, 1.82) is 0 Å². The fraction of sp³-hybridized carbons (Fsp3) is 0.714. The average molecular weight is 154 g/mol. The van der Waals surface area contributed by atoms with E-state index in [1.807, 2.05) is 0 Å². The largest absolute Gasteiger partial charge is 0.539 e. The maximum absolute atomic E-state index is 10.9. The SMILES string of the molecule is CC1(C)Cc2c([O-])on[n+]2C1. The molecule has 0 saturated carbocycles. The van der Waals surface area contributed by atoms with E-state index >= 15 is 0 Å². The summed E-state index contributed by atoms with van der Waals surface area (Å²) >= 11 is 0. The van der Waals surface area contributed by atoms with Crippen LogP contribution in [0.1, 0.15) is 19.5 Å². The van der Waals surface area contributed by atoms with Crippen LogP contribution in [-0.4, -0.2) is 5.27 Å². The highest BCUT2D eigenvalue weighted by molar-refractivity contribution is 5.07. The van der Waals surface area contributed by atoms with Crippen molar-refractivity contribution in [1.82, 2.24) is 5.27 Å². The lowest BCUT2D eigenvalue weighted by Gasteiger charge is -2.08. The molecule has 0 fully saturated rings. The summed E-state index contributed by atoms with van der Waals surface area (Å²) in [6, 6.07) is 0. The summed E-state index contributed by atoms with van der Waals surface area (Å²) in [5, 5.41) is 14.6. The van der Waals surface area contributed by atoms with Gasteiger partial charge < -0.3 is 9.63 Å². The molecule has 1 aromatic rings. The summed E-state index contributed by atoms with van der Waals surface area (Å²) in [7, 11) is 0. The van der Waals surface area contributed by atoms with Crippen LogP contribution < -0.4 is 9.79 Å². The van der Waals surface area contributed by atoms with E-state index < -0.39 is 0 Å². The molecule has 4 heteroatoms. The van der Waals surface area contributed by atoms with Gasteiger partial charge in [0, 0.05) is 11.8 Å². The molecule has 0 atom stereocenters. The highest BCUT2D eigenvalue weighted by atomic mass is 16.6. The molecule has 0 unspecified atom stereocenters. The van der Waals surface area contributed by atoms with Gasteiger partial charge in [-0.2, -0.15) is 0 Å². The van der Waals surface area contributed by atoms with E-state index in [9.17, 15) is 5.11 Å². The van der Waals surface area contributed by atoms with Gasteiger partial charge in [-0.15, -0.1) is 0 Å². The van der Waals surface area contributed by atoms with Gasteiger partial charge in [-0.1, -0.05) is 18.5 Å². The number of hydrogen-bond acceptors (Lipinski definition) is 3. The van der Waals surface area contributed by atoms with E-state index in [-0.39, 0.29) is 11.4 Å². The third-order valence-corrected chi connectivity index (χ3v) is 1.99. The van der Waals surface area contributed by atoms with Crippen molar-refractivity contribution >= 4 is 0 Å². The lowest BCUT2D eigenvalue weighted by Crippen LogP contribution is -2.37. The van der Waals surface area contributed by atoms with Gasteiger partial charge in [-0.3, -0.25) is 0 Å². The molecule has 11 heavy (non-hydrogen) atoms. The molecule has 0 radical (unpaired) electrons. The van der Waals surface area contributed by atoms with Crippen molar-refractivity contribution in [2.45, 2.75) is 26.8 Å². The quantitative estimate of drug-likeness (QED) is 0.478. The predicted octanol–water partition coefficient (Wildman–Crippen LogP) is -0.382. The molecular weight excluding hydrogens is 144 g/mol. The van der Waals surface area contributed by atoms with Crippen LogP contribution in [0.25, 0.3) is 0 Å². The van der Waals surface area contributed by atoms with Crippen molar-refractivity contribution in [2.75, 3.05) is 0 Å². The maximum Gasteiger partial charge on any atom is 0.234 e. The van der Waals surface area contributed by atoms with Gasteiger partial charge in [0.2, 0.25) is 5.69 Å². The van der Waals surface area contributed by atoms with E-state index in [4.69, 9.17) is 0 Å². The second kappa shape index (κ2) is 1.75. The van der Waals surface area contributed by atoms with Gasteiger partial charge >= 0.3 is 0 Å². The monoisotopic (exact) mass is 154 g/mol. The standard InChI is InChI=1S/C7H10N2O2/c1-7(2)3-5-6(10)11-8-9(5)4-7/h3-4H2,1-2H3. The molecule has 0 aromatic carbocycles. The molecule has 1 aliphatic rings. The topological polar surface area (TPSA) is 53.0 Å². The minimum Gasteiger partial charge on any atom is -0.539 e. The highest BCUT2D eigenvalue weighted by Gasteiger charge is 2.39. The third kappa shape index (κ3) is 0.895. The van der Waals surface area contributed by atoms with Crippen molar-refractivity contribution in [3.05, 3.63) is 5.69 Å². The summed E-state index contributed by atoms with van der Waals surface area (Å²) in [5.74, 6) is -0.282. The van der Waals surface area contributed by atoms with Gasteiger partial charge in [0.25, 0.3) is 0 Å². The van der Waals surface area contributed by atoms with Crippen LogP contribution in [0, 0.1) is 5.41 Å². The number of aromatic nitrogens is 2. The molecule has 0 bridgehead atoms. The van der Waals surface area contributed by atoms with Gasteiger partial charge in [-0.25, -0.2) is 0 Å². The van der Waals surface area contributed by atoms with Gasteiger partial charge in [0.15, 0.2) is 12.5 Å². The van der Waals surface area contributed by atoms with E-state index in [2.05, 4.69) is 23.6 Å². The summed E-state index contributed by atoms with van der Waals surface area (Å²) in [6.07, 6.45) is 0.773. The van der Waals surface area contributed by atoms with Crippen LogP contribution in [0.5, 0.6) is 5.95 Å². The van der Waals surface area contributed by atoms with E-state index in [0.29, 0.717) is 5.69 Å². The first-order valence-electron chi connectivity index (χ1n) is 3.64. The van der Waals surface area contributed by atoms with Crippen LogP contribution in [-0.2, 0) is 13.0 Å². The lowest BCUT2D eigenvalue weighted by atomic mass is 9.91. The third-order valence-electron chi connectivity index (χ3n) is 1.99. The van der Waals surface area contributed by atoms with Crippen molar-refractivity contribution in [3.8, 4) is 5.95 Å². The molecular formula is C7H10N2O2. The molecule has 60 valence electrons. The Labute approximate surface area is 64.4 Å². The normalized spacial score (nSPS) is 20.2. The molecule has 0 spiro atoms. The molecule has 0 saturated heterocycles. The zero-order valence-electron chi connectivity index (χ0n) is 6.63. The summed E-state index contributed by atoms with van der Waals surface area (Å²) in [4.78, 5) is 0. The molecule has 0 amide bonds. The maximum atomic E-state index is 10.9. The van der Waals surface area contributed by atoms with E-state index in [0.717, 1.165) is 13.0 Å². The first kappa shape index (κ1) is 6.64. The molecule has 0 aliphatic carbocycles. The van der Waals surface area contributed by atoms with E-state index in [1.165, 1.54) is 0 Å². The average Bonchev–Trinajstić information content (AvgIpc) is 2.31. The summed E-state index contributed by atoms with van der Waals surface area (Å²) < 4.78 is 6.14. The molecule has 2 rings (SSSR count). The highest BCUT2D eigenvalue weighted by Crippen LogP contribution is 2.28.